The van der Waals surface area contributed by atoms with E-state index in [9.17, 15) is 13.2 Å². The van der Waals surface area contributed by atoms with E-state index in [1.165, 1.54) is 6.20 Å². The van der Waals surface area contributed by atoms with Crippen molar-refractivity contribution in [3.05, 3.63) is 47.8 Å². The van der Waals surface area contributed by atoms with Gasteiger partial charge in [0.05, 0.1) is 18.5 Å². The molecule has 1 fully saturated rings. The van der Waals surface area contributed by atoms with E-state index in [-0.39, 0.29) is 18.3 Å². The van der Waals surface area contributed by atoms with Gasteiger partial charge < -0.3 is 24.9 Å². The van der Waals surface area contributed by atoms with Crippen molar-refractivity contribution in [3.63, 3.8) is 0 Å². The Bertz CT molecular complexity index is 1170. The molecular formula is C22H21F3N4O3. The molecule has 1 atom stereocenters. The lowest BCUT2D eigenvalue weighted by molar-refractivity contribution is 0.0181. The van der Waals surface area contributed by atoms with Crippen LogP contribution in [0.5, 0.6) is 11.5 Å². The molecule has 3 N–H and O–H groups in total. The molecule has 1 saturated carbocycles. The lowest BCUT2D eigenvalue weighted by Crippen LogP contribution is -2.43. The van der Waals surface area contributed by atoms with Gasteiger partial charge in [0, 0.05) is 30.2 Å². The fraction of sp³-hybridized carbons (Fsp3) is 0.364. The summed E-state index contributed by atoms with van der Waals surface area (Å²) in [5, 5.41) is 12.3. The normalized spacial score (nSPS) is 21.1. The maximum Gasteiger partial charge on any atom is 0.289 e. The molecule has 0 spiro atoms. The molecule has 32 heavy (non-hydrogen) atoms. The number of halogens is 3. The highest BCUT2D eigenvalue weighted by molar-refractivity contribution is 5.90. The minimum atomic E-state index is -1.97. The molecule has 0 radical (unpaired) electrons. The van der Waals surface area contributed by atoms with Crippen LogP contribution in [-0.2, 0) is 4.74 Å². The predicted molar refractivity (Wildman–Crippen MR) is 112 cm³/mol. The largest absolute Gasteiger partial charge is 0.461 e. The first-order valence-electron chi connectivity index (χ1n) is 10.3. The SMILES string of the molecule is OCC1(F)CN=C(Nc2cc(F)c(Oc3ccnc4[nH]cc(C5CCC5)c34)c(F)c2)OC1. The van der Waals surface area contributed by atoms with Gasteiger partial charge in [0.1, 0.15) is 18.0 Å². The van der Waals surface area contributed by atoms with Gasteiger partial charge in [-0.1, -0.05) is 6.42 Å². The van der Waals surface area contributed by atoms with Crippen molar-refractivity contribution in [1.82, 2.24) is 9.97 Å². The number of amidine groups is 1. The summed E-state index contributed by atoms with van der Waals surface area (Å²) in [6.45, 7) is -1.47. The number of aliphatic hydroxyl groups is 1. The molecule has 5 rings (SSSR count). The Morgan fingerprint density at radius 1 is 1.28 bits per heavy atom. The highest BCUT2D eigenvalue weighted by Gasteiger charge is 2.34. The molecule has 3 heterocycles. The molecule has 10 heteroatoms. The number of H-pyrrole nitrogens is 1. The first-order chi connectivity index (χ1) is 15.5. The Morgan fingerprint density at radius 2 is 2.06 bits per heavy atom. The number of hydrogen-bond acceptors (Lipinski definition) is 6. The van der Waals surface area contributed by atoms with Crippen molar-refractivity contribution in [2.75, 3.05) is 25.1 Å². The van der Waals surface area contributed by atoms with Gasteiger partial charge in [-0.25, -0.2) is 23.1 Å². The van der Waals surface area contributed by atoms with E-state index in [0.717, 1.165) is 42.3 Å². The summed E-state index contributed by atoms with van der Waals surface area (Å²) >= 11 is 0. The average molecular weight is 446 g/mol. The Balaban J connectivity index is 1.40. The van der Waals surface area contributed by atoms with Crippen molar-refractivity contribution in [2.24, 2.45) is 4.99 Å². The molecule has 168 valence electrons. The standard InChI is InChI=1S/C22H21F3N4O3/c23-15-6-13(29-21-28-9-22(25,10-30)11-31-21)7-16(24)19(15)32-17-4-5-26-20-18(17)14(8-27-20)12-2-1-3-12/h4-8,12,30H,1-3,9-11H2,(H,26,27)(H,28,29). The first-order valence-corrected chi connectivity index (χ1v) is 10.3. The Kier molecular flexibility index (Phi) is 5.16. The van der Waals surface area contributed by atoms with Crippen LogP contribution in [-0.4, -0.2) is 46.5 Å². The van der Waals surface area contributed by atoms with Gasteiger partial charge in [0.25, 0.3) is 6.02 Å². The van der Waals surface area contributed by atoms with Crippen LogP contribution in [0.4, 0.5) is 18.9 Å². The molecule has 0 amide bonds. The monoisotopic (exact) mass is 446 g/mol. The molecule has 0 saturated heterocycles. The summed E-state index contributed by atoms with van der Waals surface area (Å²) in [5.41, 5.74) is -0.306. The number of alkyl halides is 1. The number of nitrogens with zero attached hydrogens (tertiary/aromatic N) is 2. The van der Waals surface area contributed by atoms with Crippen molar-refractivity contribution in [3.8, 4) is 11.5 Å². The van der Waals surface area contributed by atoms with Crippen LogP contribution in [0.3, 0.4) is 0 Å². The fourth-order valence-electron chi connectivity index (χ4n) is 3.81. The molecule has 1 aliphatic carbocycles. The molecule has 3 aromatic rings. The number of hydrogen-bond donors (Lipinski definition) is 3. The Hall–Kier alpha value is -3.27. The lowest BCUT2D eigenvalue weighted by Gasteiger charge is -2.26. The third-order valence-corrected chi connectivity index (χ3v) is 5.83. The topological polar surface area (TPSA) is 91.8 Å². The van der Waals surface area contributed by atoms with Crippen molar-refractivity contribution >= 4 is 22.7 Å². The van der Waals surface area contributed by atoms with Gasteiger partial charge in [-0.2, -0.15) is 0 Å². The predicted octanol–water partition coefficient (Wildman–Crippen LogP) is 4.40. The van der Waals surface area contributed by atoms with E-state index in [1.54, 1.807) is 6.07 Å². The number of aliphatic hydroxyl groups excluding tert-OH is 1. The number of pyridine rings is 1. The number of aliphatic imine (C=N–C) groups is 1. The van der Waals surface area contributed by atoms with Crippen LogP contribution in [0.25, 0.3) is 11.0 Å². The van der Waals surface area contributed by atoms with Crippen LogP contribution in [0.1, 0.15) is 30.7 Å². The zero-order chi connectivity index (χ0) is 22.3. The fourth-order valence-corrected chi connectivity index (χ4v) is 3.81. The maximum absolute atomic E-state index is 14.8. The van der Waals surface area contributed by atoms with Gasteiger partial charge in [0.2, 0.25) is 0 Å². The number of fused-ring (bicyclic) bond motifs is 1. The third kappa shape index (κ3) is 3.75. The average Bonchev–Trinajstić information content (AvgIpc) is 3.16. The van der Waals surface area contributed by atoms with E-state index in [1.807, 2.05) is 6.20 Å². The minimum absolute atomic E-state index is 0.0260. The maximum atomic E-state index is 14.8. The molecule has 1 aliphatic heterocycles. The summed E-state index contributed by atoms with van der Waals surface area (Å²) in [4.78, 5) is 11.2. The van der Waals surface area contributed by atoms with Crippen LogP contribution in [0.2, 0.25) is 0 Å². The van der Waals surface area contributed by atoms with Crippen LogP contribution < -0.4 is 10.1 Å². The quantitative estimate of drug-likeness (QED) is 0.540. The zero-order valence-corrected chi connectivity index (χ0v) is 17.0. The van der Waals surface area contributed by atoms with Gasteiger partial charge >= 0.3 is 0 Å². The summed E-state index contributed by atoms with van der Waals surface area (Å²) in [5.74, 6) is -1.70. The van der Waals surface area contributed by atoms with E-state index in [2.05, 4.69) is 20.3 Å². The van der Waals surface area contributed by atoms with E-state index >= 15 is 0 Å². The van der Waals surface area contributed by atoms with Crippen LogP contribution >= 0.6 is 0 Å². The van der Waals surface area contributed by atoms with Crippen LogP contribution in [0, 0.1) is 11.6 Å². The minimum Gasteiger partial charge on any atom is -0.461 e. The van der Waals surface area contributed by atoms with E-state index in [4.69, 9.17) is 14.6 Å². The number of aromatic amines is 1. The second-order valence-electron chi connectivity index (χ2n) is 8.12. The van der Waals surface area contributed by atoms with Gasteiger partial charge in [-0.3, -0.25) is 0 Å². The zero-order valence-electron chi connectivity index (χ0n) is 17.0. The number of aromatic nitrogens is 2. The summed E-state index contributed by atoms with van der Waals surface area (Å²) in [6.07, 6.45) is 6.64. The Labute approximate surface area is 181 Å². The van der Waals surface area contributed by atoms with Gasteiger partial charge in [0.15, 0.2) is 23.1 Å². The first kappa shape index (κ1) is 20.6. The molecule has 7 nitrogen and oxygen atoms in total. The van der Waals surface area contributed by atoms with E-state index < -0.39 is 36.3 Å². The van der Waals surface area contributed by atoms with E-state index in [0.29, 0.717) is 17.3 Å². The molecule has 1 aromatic carbocycles. The molecule has 0 bridgehead atoms. The van der Waals surface area contributed by atoms with Crippen molar-refractivity contribution in [2.45, 2.75) is 30.8 Å². The van der Waals surface area contributed by atoms with Gasteiger partial charge in [-0.15, -0.1) is 0 Å². The molecular weight excluding hydrogens is 425 g/mol. The van der Waals surface area contributed by atoms with Gasteiger partial charge in [-0.05, 0) is 30.4 Å². The lowest BCUT2D eigenvalue weighted by atomic mass is 9.80. The number of anilines is 1. The second kappa shape index (κ2) is 8.01. The third-order valence-electron chi connectivity index (χ3n) is 5.83. The smallest absolute Gasteiger partial charge is 0.289 e. The second-order valence-corrected chi connectivity index (χ2v) is 8.12. The number of rotatable bonds is 5. The molecule has 2 aliphatic rings. The summed E-state index contributed by atoms with van der Waals surface area (Å²) in [6, 6.07) is 3.57. The highest BCUT2D eigenvalue weighted by Crippen LogP contribution is 2.43. The van der Waals surface area contributed by atoms with Crippen LogP contribution in [0.15, 0.2) is 35.6 Å². The van der Waals surface area contributed by atoms with Crippen molar-refractivity contribution in [1.29, 1.82) is 0 Å². The Morgan fingerprint density at radius 3 is 2.69 bits per heavy atom. The molecule has 2 aromatic heterocycles. The number of benzene rings is 1. The number of nitrogens with one attached hydrogen (secondary N) is 2. The highest BCUT2D eigenvalue weighted by atomic mass is 19.1. The van der Waals surface area contributed by atoms with Crippen molar-refractivity contribution < 1.29 is 27.8 Å². The summed E-state index contributed by atoms with van der Waals surface area (Å²) in [7, 11) is 0. The molecule has 1 unspecified atom stereocenters. The number of ether oxygens (including phenoxy) is 2. The summed E-state index contributed by atoms with van der Waals surface area (Å²) < 4.78 is 54.3.